The number of aliphatic hydroxyl groups is 1. The number of benzene rings is 4. The number of carbonyl (C=O) groups is 3. The minimum atomic E-state index is -0.0316. The predicted molar refractivity (Wildman–Crippen MR) is 190 cm³/mol. The Morgan fingerprint density at radius 3 is 1.50 bits per heavy atom. The number of rotatable bonds is 17. The molecule has 2 unspecified atom stereocenters. The van der Waals surface area contributed by atoms with Gasteiger partial charge in [0.1, 0.15) is 5.75 Å². The molecule has 46 heavy (non-hydrogen) atoms. The lowest BCUT2D eigenvalue weighted by Crippen LogP contribution is -2.07. The summed E-state index contributed by atoms with van der Waals surface area (Å²) >= 11 is 3.31. The largest absolute Gasteiger partial charge is 0.497 e. The number of ketones is 3. The number of hydrogen-bond donors (Lipinski definition) is 1. The number of thioether (sulfide) groups is 2. The van der Waals surface area contributed by atoms with Crippen molar-refractivity contribution in [2.45, 2.75) is 30.3 Å². The molecule has 0 heterocycles. The third kappa shape index (κ3) is 12.2. The van der Waals surface area contributed by atoms with Gasteiger partial charge in [-0.15, -0.1) is 0 Å². The van der Waals surface area contributed by atoms with Gasteiger partial charge in [-0.3, -0.25) is 14.4 Å². The van der Waals surface area contributed by atoms with Crippen molar-refractivity contribution in [1.29, 1.82) is 0 Å². The number of carbonyl (C=O) groups excluding carboxylic acids is 3. The lowest BCUT2D eigenvalue weighted by atomic mass is 10.0. The number of hydrogen-bond acceptors (Lipinski definition) is 8. The molecule has 0 bridgehead atoms. The molecular formula is C38H42O6S2. The maximum absolute atomic E-state index is 12.5. The summed E-state index contributed by atoms with van der Waals surface area (Å²) in [7, 11) is 3.34. The molecule has 0 aliphatic heterocycles. The first-order valence-corrected chi connectivity index (χ1v) is 17.2. The molecule has 0 aliphatic rings. The molecule has 0 saturated heterocycles. The molecule has 1 N–H and O–H groups in total. The SMILES string of the molecule is CC(=O)c1ccc(C(CC(=O)c2ccccc2)SCCO)cc1.COCCSC(CC(=O)c1ccccc1)c1ccc(OC)cc1. The van der Waals surface area contributed by atoms with E-state index < -0.39 is 0 Å². The van der Waals surface area contributed by atoms with Gasteiger partial charge in [0, 0.05) is 58.6 Å². The van der Waals surface area contributed by atoms with Crippen LogP contribution >= 0.6 is 23.5 Å². The Morgan fingerprint density at radius 2 is 1.09 bits per heavy atom. The van der Waals surface area contributed by atoms with Gasteiger partial charge < -0.3 is 14.6 Å². The molecule has 0 saturated carbocycles. The molecular weight excluding hydrogens is 617 g/mol. The molecule has 0 aromatic heterocycles. The highest BCUT2D eigenvalue weighted by atomic mass is 32.2. The first kappa shape index (κ1) is 36.8. The van der Waals surface area contributed by atoms with Crippen molar-refractivity contribution in [3.63, 3.8) is 0 Å². The number of Topliss-reactive ketones (excluding diaryl/α,β-unsaturated/α-hetero) is 3. The summed E-state index contributed by atoms with van der Waals surface area (Å²) in [6.45, 7) is 2.29. The van der Waals surface area contributed by atoms with Crippen LogP contribution in [0.2, 0.25) is 0 Å². The zero-order chi connectivity index (χ0) is 33.1. The molecule has 6 nitrogen and oxygen atoms in total. The fraction of sp³-hybridized carbons (Fsp3) is 0.289. The molecule has 0 amide bonds. The second-order valence-corrected chi connectivity index (χ2v) is 13.0. The van der Waals surface area contributed by atoms with Gasteiger partial charge in [-0.05, 0) is 30.2 Å². The van der Waals surface area contributed by atoms with Gasteiger partial charge in [0.25, 0.3) is 0 Å². The van der Waals surface area contributed by atoms with Crippen molar-refractivity contribution in [2.75, 3.05) is 38.9 Å². The summed E-state index contributed by atoms with van der Waals surface area (Å²) in [6, 6.07) is 34.0. The summed E-state index contributed by atoms with van der Waals surface area (Å²) in [5.41, 5.74) is 4.25. The Hall–Kier alpha value is -3.69. The number of aliphatic hydroxyl groups excluding tert-OH is 1. The Balaban J connectivity index is 0.000000250. The third-order valence-corrected chi connectivity index (χ3v) is 9.63. The van der Waals surface area contributed by atoms with Crippen LogP contribution in [0.25, 0.3) is 0 Å². The molecule has 0 aliphatic carbocycles. The zero-order valence-electron chi connectivity index (χ0n) is 26.6. The van der Waals surface area contributed by atoms with Crippen molar-refractivity contribution in [3.05, 3.63) is 137 Å². The van der Waals surface area contributed by atoms with E-state index in [1.54, 1.807) is 49.9 Å². The molecule has 8 heteroatoms. The van der Waals surface area contributed by atoms with Crippen LogP contribution in [-0.4, -0.2) is 61.4 Å². The Kier molecular flexibility index (Phi) is 16.3. The quantitative estimate of drug-likeness (QED) is 0.0895. The van der Waals surface area contributed by atoms with Crippen LogP contribution in [0.3, 0.4) is 0 Å². The van der Waals surface area contributed by atoms with Gasteiger partial charge in [-0.1, -0.05) is 97.1 Å². The molecule has 4 rings (SSSR count). The molecule has 242 valence electrons. The molecule has 0 radical (unpaired) electrons. The summed E-state index contributed by atoms with van der Waals surface area (Å²) in [5.74, 6) is 2.52. The fourth-order valence-corrected chi connectivity index (χ4v) is 6.76. The van der Waals surface area contributed by atoms with E-state index in [1.165, 1.54) is 6.92 Å². The summed E-state index contributed by atoms with van der Waals surface area (Å²) in [4.78, 5) is 36.3. The van der Waals surface area contributed by atoms with Crippen LogP contribution in [-0.2, 0) is 4.74 Å². The van der Waals surface area contributed by atoms with Crippen LogP contribution < -0.4 is 4.74 Å². The van der Waals surface area contributed by atoms with E-state index in [0.29, 0.717) is 36.3 Å². The average Bonchev–Trinajstić information content (AvgIpc) is 3.10. The summed E-state index contributed by atoms with van der Waals surface area (Å²) in [5, 5.41) is 9.16. The maximum Gasteiger partial charge on any atom is 0.164 e. The minimum absolute atomic E-state index is 0.0245. The fourth-order valence-electron chi connectivity index (χ4n) is 4.59. The van der Waals surface area contributed by atoms with Gasteiger partial charge in [-0.2, -0.15) is 23.5 Å². The average molecular weight is 659 g/mol. The van der Waals surface area contributed by atoms with E-state index in [2.05, 4.69) is 0 Å². The van der Waals surface area contributed by atoms with Crippen LogP contribution in [0.5, 0.6) is 5.75 Å². The van der Waals surface area contributed by atoms with Crippen molar-refractivity contribution >= 4 is 40.9 Å². The maximum atomic E-state index is 12.5. The Morgan fingerprint density at radius 1 is 0.630 bits per heavy atom. The second kappa shape index (κ2) is 20.4. The Bertz CT molecular complexity index is 1480. The first-order valence-electron chi connectivity index (χ1n) is 15.1. The molecule has 4 aromatic rings. The van der Waals surface area contributed by atoms with Gasteiger partial charge in [0.05, 0.1) is 20.3 Å². The molecule has 4 aromatic carbocycles. The molecule has 2 atom stereocenters. The highest BCUT2D eigenvalue weighted by molar-refractivity contribution is 7.99. The zero-order valence-corrected chi connectivity index (χ0v) is 28.2. The van der Waals surface area contributed by atoms with Crippen LogP contribution in [0.4, 0.5) is 0 Å². The lowest BCUT2D eigenvalue weighted by molar-refractivity contribution is 0.0974. The topological polar surface area (TPSA) is 89.9 Å². The monoisotopic (exact) mass is 658 g/mol. The summed E-state index contributed by atoms with van der Waals surface area (Å²) < 4.78 is 10.3. The molecule has 0 spiro atoms. The normalized spacial score (nSPS) is 11.9. The number of methoxy groups -OCH3 is 2. The highest BCUT2D eigenvalue weighted by Gasteiger charge is 2.19. The molecule has 0 fully saturated rings. The minimum Gasteiger partial charge on any atom is -0.497 e. The lowest BCUT2D eigenvalue weighted by Gasteiger charge is -2.17. The standard InChI is InChI=1S/C19H22O3S.C19H20O3S/c1-21-12-13-23-19(16-8-10-17(22-2)11-9-16)14-18(20)15-6-4-3-5-7-15;1-14(21)15-7-9-17(10-8-15)19(23-12-11-20)13-18(22)16-5-3-2-4-6-16/h3-11,19H,12-14H2,1-2H3;2-10,19-20H,11-13H2,1H3. The highest BCUT2D eigenvalue weighted by Crippen LogP contribution is 2.35. The van der Waals surface area contributed by atoms with Crippen molar-refractivity contribution in [3.8, 4) is 5.75 Å². The van der Waals surface area contributed by atoms with E-state index in [9.17, 15) is 14.4 Å². The van der Waals surface area contributed by atoms with Crippen molar-refractivity contribution in [2.24, 2.45) is 0 Å². The van der Waals surface area contributed by atoms with Crippen molar-refractivity contribution in [1.82, 2.24) is 0 Å². The van der Waals surface area contributed by atoms with E-state index in [4.69, 9.17) is 14.6 Å². The van der Waals surface area contributed by atoms with Gasteiger partial charge in [0.2, 0.25) is 0 Å². The van der Waals surface area contributed by atoms with E-state index in [-0.39, 0.29) is 34.5 Å². The van der Waals surface area contributed by atoms with Crippen LogP contribution in [0, 0.1) is 0 Å². The smallest absolute Gasteiger partial charge is 0.164 e. The van der Waals surface area contributed by atoms with Gasteiger partial charge in [-0.25, -0.2) is 0 Å². The second-order valence-electron chi connectivity index (χ2n) is 10.4. The first-order chi connectivity index (χ1) is 22.4. The van der Waals surface area contributed by atoms with Crippen LogP contribution in [0.15, 0.2) is 109 Å². The number of ether oxygens (including phenoxy) is 2. The Labute approximate surface area is 280 Å². The third-order valence-electron chi connectivity index (χ3n) is 7.13. The summed E-state index contributed by atoms with van der Waals surface area (Å²) in [6.07, 6.45) is 0.846. The predicted octanol–water partition coefficient (Wildman–Crippen LogP) is 8.32. The van der Waals surface area contributed by atoms with Gasteiger partial charge in [0.15, 0.2) is 17.3 Å². The van der Waals surface area contributed by atoms with E-state index >= 15 is 0 Å². The van der Waals surface area contributed by atoms with Gasteiger partial charge >= 0.3 is 0 Å². The van der Waals surface area contributed by atoms with Crippen molar-refractivity contribution < 1.29 is 29.0 Å². The van der Waals surface area contributed by atoms with Crippen LogP contribution in [0.1, 0.15) is 72.5 Å². The van der Waals surface area contributed by atoms with E-state index in [1.807, 2.05) is 97.1 Å². The van der Waals surface area contributed by atoms with E-state index in [0.717, 1.165) is 28.2 Å².